The maximum absolute atomic E-state index is 8.88. The van der Waals surface area contributed by atoms with Crippen LogP contribution in [0.5, 0.6) is 11.5 Å². The van der Waals surface area contributed by atoms with Crippen molar-refractivity contribution in [2.75, 3.05) is 14.2 Å². The van der Waals surface area contributed by atoms with E-state index in [0.29, 0.717) is 21.5 Å². The Morgan fingerprint density at radius 1 is 0.708 bits per heavy atom. The molecule has 0 radical (unpaired) electrons. The zero-order chi connectivity index (χ0) is 18.3. The van der Waals surface area contributed by atoms with Gasteiger partial charge in [0, 0.05) is 21.0 Å². The lowest BCUT2D eigenvalue weighted by atomic mass is 9.79. The van der Waals surface area contributed by atoms with Gasteiger partial charge in [0.1, 0.15) is 11.5 Å². The highest BCUT2D eigenvalue weighted by Gasteiger charge is 2.17. The van der Waals surface area contributed by atoms with Crippen molar-refractivity contribution in [2.24, 2.45) is 0 Å². The van der Waals surface area contributed by atoms with Crippen LogP contribution in [0.2, 0.25) is 10.0 Å². The molecule has 2 rings (SSSR count). The Morgan fingerprint density at radius 3 is 1.29 bits per heavy atom. The quantitative estimate of drug-likeness (QED) is 0.566. The molecule has 24 heavy (non-hydrogen) atoms. The number of methoxy groups -OCH3 is 2. The van der Waals surface area contributed by atoms with Crippen molar-refractivity contribution in [3.05, 3.63) is 46.4 Å². The second kappa shape index (κ2) is 9.78. The fourth-order valence-corrected chi connectivity index (χ4v) is 2.18. The van der Waals surface area contributed by atoms with Crippen molar-refractivity contribution in [2.45, 2.75) is 0 Å². The molecule has 0 heterocycles. The van der Waals surface area contributed by atoms with E-state index in [0.717, 1.165) is 0 Å². The van der Waals surface area contributed by atoms with Crippen molar-refractivity contribution in [1.82, 2.24) is 0 Å². The summed E-state index contributed by atoms with van der Waals surface area (Å²) in [5.41, 5.74) is 0.537. The molecule has 10 heteroatoms. The number of benzene rings is 2. The molecule has 0 unspecified atom stereocenters. The predicted octanol–water partition coefficient (Wildman–Crippen LogP) is 0.0568. The minimum absolute atomic E-state index is 0.269. The van der Waals surface area contributed by atoms with Gasteiger partial charge >= 0.3 is 14.2 Å². The van der Waals surface area contributed by atoms with E-state index in [-0.39, 0.29) is 10.9 Å². The summed E-state index contributed by atoms with van der Waals surface area (Å²) >= 11 is 11.3. The Hall–Kier alpha value is -1.41. The van der Waals surface area contributed by atoms with Crippen LogP contribution in [0.15, 0.2) is 36.4 Å². The first-order chi connectivity index (χ1) is 11.3. The van der Waals surface area contributed by atoms with E-state index in [2.05, 4.69) is 0 Å². The van der Waals surface area contributed by atoms with E-state index < -0.39 is 14.2 Å². The maximum Gasteiger partial charge on any atom is 0.492 e. The highest BCUT2D eigenvalue weighted by Crippen LogP contribution is 2.14. The minimum atomic E-state index is -1.56. The van der Waals surface area contributed by atoms with E-state index in [1.807, 2.05) is 0 Å². The molecule has 0 aromatic heterocycles. The van der Waals surface area contributed by atoms with Crippen molar-refractivity contribution < 1.29 is 29.6 Å². The molecule has 128 valence electrons. The Kier molecular flexibility index (Phi) is 8.41. The van der Waals surface area contributed by atoms with E-state index in [9.17, 15) is 0 Å². The monoisotopic (exact) mass is 372 g/mol. The molecule has 2 aromatic carbocycles. The van der Waals surface area contributed by atoms with Crippen molar-refractivity contribution >= 4 is 48.4 Å². The molecule has 0 atom stereocenters. The van der Waals surface area contributed by atoms with Crippen LogP contribution in [0, 0.1) is 0 Å². The Labute approximate surface area is 150 Å². The van der Waals surface area contributed by atoms with E-state index in [4.69, 9.17) is 52.8 Å². The van der Waals surface area contributed by atoms with E-state index in [1.165, 1.54) is 26.4 Å². The molecule has 0 aliphatic heterocycles. The summed E-state index contributed by atoms with van der Waals surface area (Å²) in [6.07, 6.45) is 0. The lowest BCUT2D eigenvalue weighted by Crippen LogP contribution is -2.31. The average Bonchev–Trinajstić information content (AvgIpc) is 2.55. The maximum atomic E-state index is 8.88. The third-order valence-corrected chi connectivity index (χ3v) is 3.41. The molecule has 0 saturated carbocycles. The normalized spacial score (nSPS) is 9.67. The molecule has 0 aliphatic rings. The molecule has 4 N–H and O–H groups in total. The molecule has 0 aliphatic carbocycles. The predicted molar refractivity (Wildman–Crippen MR) is 95.7 cm³/mol. The van der Waals surface area contributed by atoms with Gasteiger partial charge < -0.3 is 29.6 Å². The topological polar surface area (TPSA) is 99.4 Å². The van der Waals surface area contributed by atoms with Crippen LogP contribution in [0.25, 0.3) is 0 Å². The lowest BCUT2D eigenvalue weighted by molar-refractivity contribution is 0.402. The second-order valence-corrected chi connectivity index (χ2v) is 5.39. The Morgan fingerprint density at radius 2 is 1.04 bits per heavy atom. The number of halogens is 2. The van der Waals surface area contributed by atoms with Crippen molar-refractivity contribution in [3.63, 3.8) is 0 Å². The molecular weight excluding hydrogens is 357 g/mol. The minimum Gasteiger partial charge on any atom is -0.497 e. The second-order valence-electron chi connectivity index (χ2n) is 4.52. The molecule has 0 bridgehead atoms. The first-order valence-corrected chi connectivity index (χ1v) is 7.44. The zero-order valence-corrected chi connectivity index (χ0v) is 14.5. The molecule has 6 nitrogen and oxygen atoms in total. The molecule has 0 amide bonds. The lowest BCUT2D eigenvalue weighted by Gasteiger charge is -2.06. The van der Waals surface area contributed by atoms with Crippen molar-refractivity contribution in [3.8, 4) is 11.5 Å². The highest BCUT2D eigenvalue weighted by atomic mass is 35.5. The number of hydrogen-bond donors (Lipinski definition) is 4. The van der Waals surface area contributed by atoms with Crippen LogP contribution in [0.1, 0.15) is 0 Å². The van der Waals surface area contributed by atoms with Crippen LogP contribution >= 0.6 is 23.2 Å². The van der Waals surface area contributed by atoms with Crippen molar-refractivity contribution in [1.29, 1.82) is 0 Å². The van der Waals surface area contributed by atoms with Crippen LogP contribution in [0.3, 0.4) is 0 Å². The summed E-state index contributed by atoms with van der Waals surface area (Å²) in [5.74, 6) is 0.823. The van der Waals surface area contributed by atoms with Crippen LogP contribution < -0.4 is 20.4 Å². The summed E-state index contributed by atoms with van der Waals surface area (Å²) in [7, 11) is -0.207. The fraction of sp³-hybridized carbons (Fsp3) is 0.143. The molecule has 0 fully saturated rings. The Balaban J connectivity index is 0.000000240. The van der Waals surface area contributed by atoms with Gasteiger partial charge in [0.2, 0.25) is 0 Å². The summed E-state index contributed by atoms with van der Waals surface area (Å²) in [6.45, 7) is 0. The molecular formula is C14H16B2Cl2O6. The van der Waals surface area contributed by atoms with Crippen LogP contribution in [-0.2, 0) is 0 Å². The van der Waals surface area contributed by atoms with Gasteiger partial charge in [0.25, 0.3) is 0 Å². The standard InChI is InChI=1S/2C7H8BClO3/c2*1-12-7-3-2-5(9)4-6(7)8(10)11/h2*2-4,10-11H,1H3. The summed E-state index contributed by atoms with van der Waals surface area (Å²) < 4.78 is 9.77. The number of rotatable bonds is 4. The van der Waals surface area contributed by atoms with Gasteiger partial charge in [-0.05, 0) is 36.4 Å². The van der Waals surface area contributed by atoms with Gasteiger partial charge in [-0.2, -0.15) is 0 Å². The first-order valence-electron chi connectivity index (χ1n) is 6.69. The third-order valence-electron chi connectivity index (χ3n) is 2.94. The zero-order valence-electron chi connectivity index (χ0n) is 13.0. The largest absolute Gasteiger partial charge is 0.497 e. The summed E-state index contributed by atoms with van der Waals surface area (Å²) in [6, 6.07) is 9.29. The van der Waals surface area contributed by atoms with Gasteiger partial charge in [-0.1, -0.05) is 23.2 Å². The molecule has 0 saturated heterocycles. The number of ether oxygens (including phenoxy) is 2. The smallest absolute Gasteiger partial charge is 0.492 e. The van der Waals surface area contributed by atoms with Gasteiger partial charge in [0.15, 0.2) is 0 Å². The fourth-order valence-electron chi connectivity index (χ4n) is 1.81. The van der Waals surface area contributed by atoms with Gasteiger partial charge in [-0.25, -0.2) is 0 Å². The number of hydrogen-bond acceptors (Lipinski definition) is 6. The first kappa shape index (κ1) is 20.6. The Bertz CT molecular complexity index is 612. The van der Waals surface area contributed by atoms with Gasteiger partial charge in [-0.3, -0.25) is 0 Å². The molecule has 2 aromatic rings. The van der Waals surface area contributed by atoms with E-state index in [1.54, 1.807) is 24.3 Å². The SMILES string of the molecule is COc1ccc(Cl)cc1B(O)O.COc1ccc(Cl)cc1B(O)O. The van der Waals surface area contributed by atoms with Gasteiger partial charge in [0.05, 0.1) is 14.2 Å². The third kappa shape index (κ3) is 5.90. The van der Waals surface area contributed by atoms with E-state index >= 15 is 0 Å². The summed E-state index contributed by atoms with van der Waals surface area (Å²) in [5, 5.41) is 36.4. The van der Waals surface area contributed by atoms with Crippen LogP contribution in [0.4, 0.5) is 0 Å². The highest BCUT2D eigenvalue weighted by molar-refractivity contribution is 6.60. The average molecular weight is 373 g/mol. The van der Waals surface area contributed by atoms with Crippen LogP contribution in [-0.4, -0.2) is 48.6 Å². The molecule has 0 spiro atoms. The van der Waals surface area contributed by atoms with Gasteiger partial charge in [-0.15, -0.1) is 0 Å². The summed E-state index contributed by atoms with van der Waals surface area (Å²) in [4.78, 5) is 0.